The molecule has 2 aromatic rings. The van der Waals surface area contributed by atoms with Gasteiger partial charge in [-0.25, -0.2) is 19.0 Å². The Morgan fingerprint density at radius 2 is 1.94 bits per heavy atom. The maximum atomic E-state index is 14.0. The molecule has 0 radical (unpaired) electrons. The molecule has 2 atom stereocenters. The Morgan fingerprint density at radius 3 is 2.56 bits per heavy atom. The highest BCUT2D eigenvalue weighted by Crippen LogP contribution is 2.32. The van der Waals surface area contributed by atoms with Gasteiger partial charge in [0, 0.05) is 18.7 Å². The third-order valence-corrected chi connectivity index (χ3v) is 7.86. The third kappa shape index (κ3) is 5.99. The highest BCUT2D eigenvalue weighted by atomic mass is 35.5. The van der Waals surface area contributed by atoms with Crippen LogP contribution in [-0.4, -0.2) is 61.8 Å². The monoisotopic (exact) mass is 496 g/mol. The molecule has 1 aliphatic heterocycles. The minimum atomic E-state index is -3.12. The number of ether oxygens (including phenoxy) is 1. The average Bonchev–Trinajstić information content (AvgIpc) is 2.72. The number of hydrogen-bond donors (Lipinski definition) is 0. The maximum Gasteiger partial charge on any atom is 0.410 e. The molecule has 0 spiro atoms. The van der Waals surface area contributed by atoms with E-state index in [0.717, 1.165) is 0 Å². The molecule has 2 heterocycles. The molecular formula is C21H25ClN4O4S2. The smallest absolute Gasteiger partial charge is 0.410 e. The summed E-state index contributed by atoms with van der Waals surface area (Å²) in [6.07, 6.45) is 1.27. The fraction of sp³-hybridized carbons (Fsp3) is 0.429. The fourth-order valence-corrected chi connectivity index (χ4v) is 6.03. The van der Waals surface area contributed by atoms with E-state index in [1.807, 2.05) is 0 Å². The lowest BCUT2D eigenvalue weighted by atomic mass is 10.2. The van der Waals surface area contributed by atoms with Gasteiger partial charge in [-0.1, -0.05) is 41.6 Å². The molecule has 0 bridgehead atoms. The van der Waals surface area contributed by atoms with Crippen LogP contribution in [0, 0.1) is 0 Å². The van der Waals surface area contributed by atoms with Crippen molar-refractivity contribution in [2.24, 2.45) is 4.36 Å². The van der Waals surface area contributed by atoms with E-state index in [1.54, 1.807) is 57.4 Å². The molecule has 0 aliphatic carbocycles. The first-order valence-corrected chi connectivity index (χ1v) is 13.3. The summed E-state index contributed by atoms with van der Waals surface area (Å²) in [7, 11) is -3.12. The average molecular weight is 497 g/mol. The SMILES string of the molecule is CSc1nc(Cl)cc(C2CN(C(=O)OC(C)(C)C)CCS2(=O)=NC(=O)c2ccccc2)n1. The second-order valence-electron chi connectivity index (χ2n) is 8.17. The van der Waals surface area contributed by atoms with Gasteiger partial charge < -0.3 is 9.64 Å². The number of benzene rings is 1. The lowest BCUT2D eigenvalue weighted by Gasteiger charge is -2.35. The zero-order valence-corrected chi connectivity index (χ0v) is 20.7. The number of rotatable bonds is 3. The molecule has 1 saturated heterocycles. The molecule has 8 nitrogen and oxygen atoms in total. The zero-order chi connectivity index (χ0) is 23.5. The first-order chi connectivity index (χ1) is 15.0. The maximum absolute atomic E-state index is 14.0. The molecule has 1 aromatic carbocycles. The van der Waals surface area contributed by atoms with Gasteiger partial charge in [-0.2, -0.15) is 4.36 Å². The van der Waals surface area contributed by atoms with Gasteiger partial charge in [0.2, 0.25) is 0 Å². The lowest BCUT2D eigenvalue weighted by Crippen LogP contribution is -2.47. The van der Waals surface area contributed by atoms with Gasteiger partial charge >= 0.3 is 6.09 Å². The van der Waals surface area contributed by atoms with E-state index in [0.29, 0.717) is 16.4 Å². The highest BCUT2D eigenvalue weighted by molar-refractivity contribution is 7.98. The fourth-order valence-electron chi connectivity index (χ4n) is 3.12. The molecule has 1 aromatic heterocycles. The number of carbonyl (C=O) groups excluding carboxylic acids is 2. The van der Waals surface area contributed by atoms with E-state index in [2.05, 4.69) is 14.3 Å². The molecule has 172 valence electrons. The first-order valence-electron chi connectivity index (χ1n) is 9.90. The van der Waals surface area contributed by atoms with Crippen molar-refractivity contribution in [1.82, 2.24) is 14.9 Å². The van der Waals surface area contributed by atoms with Crippen molar-refractivity contribution >= 4 is 45.1 Å². The zero-order valence-electron chi connectivity index (χ0n) is 18.3. The third-order valence-electron chi connectivity index (χ3n) is 4.60. The minimum absolute atomic E-state index is 0.00566. The number of amides is 2. The van der Waals surface area contributed by atoms with E-state index < -0.39 is 32.6 Å². The van der Waals surface area contributed by atoms with E-state index in [4.69, 9.17) is 16.3 Å². The van der Waals surface area contributed by atoms with Crippen molar-refractivity contribution in [2.45, 2.75) is 36.8 Å². The largest absolute Gasteiger partial charge is 0.444 e. The van der Waals surface area contributed by atoms with Gasteiger partial charge in [0.15, 0.2) is 5.16 Å². The summed E-state index contributed by atoms with van der Waals surface area (Å²) in [5.74, 6) is -0.567. The second kappa shape index (κ2) is 9.76. The van der Waals surface area contributed by atoms with Gasteiger partial charge in [-0.05, 0) is 45.2 Å². The molecule has 32 heavy (non-hydrogen) atoms. The number of thioether (sulfide) groups is 1. The van der Waals surface area contributed by atoms with Crippen molar-refractivity contribution in [2.75, 3.05) is 25.1 Å². The molecule has 3 rings (SSSR count). The van der Waals surface area contributed by atoms with Crippen molar-refractivity contribution < 1.29 is 18.5 Å². The van der Waals surface area contributed by atoms with E-state index >= 15 is 0 Å². The molecule has 1 fully saturated rings. The van der Waals surface area contributed by atoms with Gasteiger partial charge in [0.1, 0.15) is 16.0 Å². The highest BCUT2D eigenvalue weighted by Gasteiger charge is 2.38. The van der Waals surface area contributed by atoms with E-state index in [-0.39, 0.29) is 24.0 Å². The van der Waals surface area contributed by atoms with Crippen LogP contribution in [-0.2, 0) is 14.5 Å². The van der Waals surface area contributed by atoms with Crippen molar-refractivity contribution in [3.63, 3.8) is 0 Å². The van der Waals surface area contributed by atoms with Crippen LogP contribution >= 0.6 is 23.4 Å². The number of nitrogens with zero attached hydrogens (tertiary/aromatic N) is 4. The van der Waals surface area contributed by atoms with Crippen molar-refractivity contribution in [1.29, 1.82) is 0 Å². The van der Waals surface area contributed by atoms with Crippen LogP contribution in [0.2, 0.25) is 5.15 Å². The Labute approximate surface area is 197 Å². The van der Waals surface area contributed by atoms with Crippen LogP contribution < -0.4 is 0 Å². The molecule has 0 saturated carbocycles. The normalized spacial score (nSPS) is 21.2. The van der Waals surface area contributed by atoms with Crippen LogP contribution in [0.5, 0.6) is 0 Å². The number of carbonyl (C=O) groups is 2. The van der Waals surface area contributed by atoms with Crippen LogP contribution in [0.4, 0.5) is 4.79 Å². The Kier molecular flexibility index (Phi) is 7.46. The lowest BCUT2D eigenvalue weighted by molar-refractivity contribution is 0.0254. The van der Waals surface area contributed by atoms with Gasteiger partial charge in [0.05, 0.1) is 21.2 Å². The predicted molar refractivity (Wildman–Crippen MR) is 126 cm³/mol. The molecule has 1 aliphatic rings. The van der Waals surface area contributed by atoms with Gasteiger partial charge in [-0.15, -0.1) is 0 Å². The Balaban J connectivity index is 2.04. The molecule has 2 unspecified atom stereocenters. The molecular weight excluding hydrogens is 472 g/mol. The number of hydrogen-bond acceptors (Lipinski definition) is 7. The first kappa shape index (κ1) is 24.5. The second-order valence-corrected chi connectivity index (χ2v) is 11.9. The van der Waals surface area contributed by atoms with E-state index in [9.17, 15) is 13.8 Å². The van der Waals surface area contributed by atoms with Crippen molar-refractivity contribution in [3.05, 3.63) is 52.8 Å². The number of aromatic nitrogens is 2. The van der Waals surface area contributed by atoms with Crippen LogP contribution in [0.1, 0.15) is 42.1 Å². The summed E-state index contributed by atoms with van der Waals surface area (Å²) in [6, 6.07) is 9.96. The van der Waals surface area contributed by atoms with Crippen LogP contribution in [0.25, 0.3) is 0 Å². The summed E-state index contributed by atoms with van der Waals surface area (Å²) in [4.78, 5) is 35.5. The summed E-state index contributed by atoms with van der Waals surface area (Å²) < 4.78 is 23.6. The summed E-state index contributed by atoms with van der Waals surface area (Å²) >= 11 is 7.45. The summed E-state index contributed by atoms with van der Waals surface area (Å²) in [5, 5.41) is -0.245. The van der Waals surface area contributed by atoms with Gasteiger partial charge in [0.25, 0.3) is 5.91 Å². The summed E-state index contributed by atoms with van der Waals surface area (Å²) in [5.41, 5.74) is 0.0369. The Morgan fingerprint density at radius 1 is 1.25 bits per heavy atom. The van der Waals surface area contributed by atoms with Crippen LogP contribution in [0.3, 0.4) is 0 Å². The quantitative estimate of drug-likeness (QED) is 0.351. The topological polar surface area (TPSA) is 102 Å². The predicted octanol–water partition coefficient (Wildman–Crippen LogP) is 4.45. The Hall–Kier alpha value is -2.17. The molecule has 2 amide bonds. The molecule has 0 N–H and O–H groups in total. The van der Waals surface area contributed by atoms with Crippen molar-refractivity contribution in [3.8, 4) is 0 Å². The standard InChI is InChI=1S/C21H25ClN4O4S2/c1-21(2,3)30-20(28)26-10-11-32(29,25-18(27)14-8-6-5-7-9-14)16(13-26)15-12-17(22)24-19(23-15)31-4/h5-9,12,16H,10-11,13H2,1-4H3. The number of halogens is 1. The van der Waals surface area contributed by atoms with Crippen LogP contribution in [0.15, 0.2) is 45.9 Å². The Bertz CT molecular complexity index is 1130. The minimum Gasteiger partial charge on any atom is -0.444 e. The van der Waals surface area contributed by atoms with E-state index in [1.165, 1.54) is 22.7 Å². The molecule has 11 heteroatoms. The van der Waals surface area contributed by atoms with Gasteiger partial charge in [-0.3, -0.25) is 4.79 Å². The summed E-state index contributed by atoms with van der Waals surface area (Å²) in [6.45, 7) is 5.50.